The number of benzene rings is 2. The molecule has 4 heterocycles. The molecule has 2 unspecified atom stereocenters. The number of nitrogens with one attached hydrogen (secondary N) is 4. The highest BCUT2D eigenvalue weighted by molar-refractivity contribution is 5.87. The van der Waals surface area contributed by atoms with Crippen LogP contribution in [-0.2, 0) is 25.5 Å². The van der Waals surface area contributed by atoms with Gasteiger partial charge in [0.15, 0.2) is 0 Å². The molecule has 5 atom stereocenters. The number of alkyl carbamates (subject to hydrolysis) is 2. The van der Waals surface area contributed by atoms with E-state index in [0.29, 0.717) is 24.9 Å². The average molecular weight is 763 g/mol. The first-order valence-electron chi connectivity index (χ1n) is 19.8. The number of aromatic amines is 2. The molecule has 8 rings (SSSR count). The van der Waals surface area contributed by atoms with Crippen LogP contribution in [0.1, 0.15) is 93.1 Å². The maximum absolute atomic E-state index is 13.7. The van der Waals surface area contributed by atoms with Gasteiger partial charge in [0.1, 0.15) is 24.2 Å². The molecule has 14 heteroatoms. The molecular formula is C42H50N8O6. The largest absolute Gasteiger partial charge is 0.453 e. The fourth-order valence-corrected chi connectivity index (χ4v) is 9.26. The first kappa shape index (κ1) is 37.3. The van der Waals surface area contributed by atoms with Crippen LogP contribution in [0.15, 0.2) is 48.8 Å². The lowest BCUT2D eigenvalue weighted by Gasteiger charge is -2.31. The summed E-state index contributed by atoms with van der Waals surface area (Å²) in [6.07, 6.45) is 9.27. The van der Waals surface area contributed by atoms with E-state index in [1.54, 1.807) is 4.90 Å². The van der Waals surface area contributed by atoms with Gasteiger partial charge < -0.3 is 39.9 Å². The lowest BCUT2D eigenvalue weighted by Crippen LogP contribution is -2.51. The van der Waals surface area contributed by atoms with Crippen molar-refractivity contribution in [1.29, 1.82) is 0 Å². The lowest BCUT2D eigenvalue weighted by atomic mass is 9.73. The summed E-state index contributed by atoms with van der Waals surface area (Å²) in [5.41, 5.74) is 9.27. The third kappa shape index (κ3) is 6.90. The van der Waals surface area contributed by atoms with Crippen molar-refractivity contribution in [1.82, 2.24) is 40.4 Å². The van der Waals surface area contributed by atoms with Crippen LogP contribution in [0.2, 0.25) is 0 Å². The van der Waals surface area contributed by atoms with E-state index in [0.717, 1.165) is 60.7 Å². The van der Waals surface area contributed by atoms with Crippen molar-refractivity contribution in [2.75, 3.05) is 33.9 Å². The van der Waals surface area contributed by atoms with E-state index >= 15 is 0 Å². The van der Waals surface area contributed by atoms with E-state index in [4.69, 9.17) is 9.72 Å². The number of methoxy groups -OCH3 is 2. The molecule has 2 aromatic carbocycles. The van der Waals surface area contributed by atoms with Gasteiger partial charge in [-0.05, 0) is 90.5 Å². The Morgan fingerprint density at radius 3 is 2.07 bits per heavy atom. The van der Waals surface area contributed by atoms with Crippen LogP contribution in [0.3, 0.4) is 0 Å². The van der Waals surface area contributed by atoms with Crippen molar-refractivity contribution >= 4 is 24.0 Å². The monoisotopic (exact) mass is 762 g/mol. The molecule has 294 valence electrons. The Bertz CT molecular complexity index is 2120. The van der Waals surface area contributed by atoms with Gasteiger partial charge >= 0.3 is 12.2 Å². The molecule has 4 aromatic rings. The van der Waals surface area contributed by atoms with Crippen LogP contribution in [0.4, 0.5) is 9.59 Å². The zero-order valence-electron chi connectivity index (χ0n) is 32.4. The Hall–Kier alpha value is -5.66. The number of hydrogen-bond acceptors (Lipinski definition) is 8. The normalized spacial score (nSPS) is 21.7. The summed E-state index contributed by atoms with van der Waals surface area (Å²) < 4.78 is 9.40. The smallest absolute Gasteiger partial charge is 0.407 e. The number of hydrogen-bond donors (Lipinski definition) is 4. The van der Waals surface area contributed by atoms with Gasteiger partial charge in [0.2, 0.25) is 11.8 Å². The second-order valence-electron chi connectivity index (χ2n) is 15.8. The number of carbonyl (C=O) groups excluding carboxylic acids is 4. The number of nitrogens with zero attached hydrogens (tertiary/aromatic N) is 4. The third-order valence-corrected chi connectivity index (χ3v) is 12.3. The highest BCUT2D eigenvalue weighted by Crippen LogP contribution is 2.56. The fourth-order valence-electron chi connectivity index (χ4n) is 9.26. The van der Waals surface area contributed by atoms with E-state index in [2.05, 4.69) is 66.7 Å². The van der Waals surface area contributed by atoms with Crippen molar-refractivity contribution in [3.8, 4) is 33.6 Å². The highest BCUT2D eigenvalue weighted by atomic mass is 16.5. The number of likely N-dealkylation sites (tertiary alicyclic amines) is 2. The number of H-pyrrole nitrogens is 2. The molecule has 1 saturated carbocycles. The van der Waals surface area contributed by atoms with Gasteiger partial charge in [0.05, 0.1) is 50.1 Å². The Balaban J connectivity index is 1.01. The Morgan fingerprint density at radius 2 is 1.41 bits per heavy atom. The van der Waals surface area contributed by atoms with Crippen LogP contribution in [0, 0.1) is 11.8 Å². The minimum absolute atomic E-state index is 0.0996. The molecular weight excluding hydrogens is 713 g/mol. The van der Waals surface area contributed by atoms with Crippen LogP contribution >= 0.6 is 0 Å². The first-order valence-corrected chi connectivity index (χ1v) is 19.8. The van der Waals surface area contributed by atoms with Crippen LogP contribution in [0.25, 0.3) is 33.6 Å². The van der Waals surface area contributed by atoms with Gasteiger partial charge in [-0.15, -0.1) is 0 Å². The summed E-state index contributed by atoms with van der Waals surface area (Å²) in [6, 6.07) is 12.0. The standard InChI is InChI=1S/C42H50N8O6/c1-23(2)37(48-42(54)56-4)40(52)50-18-6-8-34(50)39-44-21-32(47-39)29-16-15-27(36-28-14-13-26(28)19-30(29)36)24-9-11-25(12-10-24)31-20-43-38(46-31)33-7-5-17-49(33)35(51)22-45-41(53)55-3/h9-12,15-16,20-21,23,26,28,33-34,37H,5-8,13-14,17-19,22H2,1-4H3,(H,43,46)(H,44,47)(H,45,53)(H,48,54)/t26?,28?,33-,34-,37-/m0/s1. The van der Waals surface area contributed by atoms with E-state index in [-0.39, 0.29) is 36.4 Å². The molecule has 2 aromatic heterocycles. The Labute approximate surface area is 326 Å². The molecule has 0 bridgehead atoms. The zero-order chi connectivity index (χ0) is 39.1. The molecule has 56 heavy (non-hydrogen) atoms. The molecule has 4 aliphatic rings. The van der Waals surface area contributed by atoms with Crippen LogP contribution in [0.5, 0.6) is 0 Å². The predicted molar refractivity (Wildman–Crippen MR) is 208 cm³/mol. The number of aromatic nitrogens is 4. The van der Waals surface area contributed by atoms with Crippen LogP contribution < -0.4 is 10.6 Å². The molecule has 14 nitrogen and oxygen atoms in total. The Morgan fingerprint density at radius 1 is 0.786 bits per heavy atom. The third-order valence-electron chi connectivity index (χ3n) is 12.3. The van der Waals surface area contributed by atoms with Crippen molar-refractivity contribution in [3.63, 3.8) is 0 Å². The van der Waals surface area contributed by atoms with Crippen molar-refractivity contribution in [3.05, 3.63) is 71.6 Å². The van der Waals surface area contributed by atoms with Crippen molar-refractivity contribution < 1.29 is 28.7 Å². The molecule has 2 aliphatic heterocycles. The summed E-state index contributed by atoms with van der Waals surface area (Å²) in [6.45, 7) is 4.94. The molecule has 0 radical (unpaired) electrons. The number of carbonyl (C=O) groups is 4. The highest BCUT2D eigenvalue weighted by Gasteiger charge is 2.43. The number of rotatable bonds is 10. The van der Waals surface area contributed by atoms with E-state index < -0.39 is 18.2 Å². The van der Waals surface area contributed by atoms with Crippen molar-refractivity contribution in [2.45, 2.75) is 82.8 Å². The van der Waals surface area contributed by atoms with Crippen LogP contribution in [-0.4, -0.2) is 93.6 Å². The van der Waals surface area contributed by atoms with Gasteiger partial charge in [0.25, 0.3) is 0 Å². The maximum atomic E-state index is 13.7. The second kappa shape index (κ2) is 15.5. The molecule has 4 amide bonds. The number of fused-ring (bicyclic) bond motifs is 3. The minimum Gasteiger partial charge on any atom is -0.453 e. The van der Waals surface area contributed by atoms with Gasteiger partial charge in [-0.2, -0.15) is 0 Å². The van der Waals surface area contributed by atoms with Gasteiger partial charge in [0, 0.05) is 18.7 Å². The first-order chi connectivity index (χ1) is 27.1. The SMILES string of the molecule is COC(=O)NCC(=O)N1CCC[C@H]1c1ncc(-c2ccc(-c3ccc(-c4cnc([C@@H]5CCCN5C(=O)[C@@H](NC(=O)OC)C(C)C)[nH]4)c4c3C3CCC3C4)cc2)[nH]1. The van der Waals surface area contributed by atoms with Crippen molar-refractivity contribution in [2.24, 2.45) is 11.8 Å². The Kier molecular flexibility index (Phi) is 10.3. The minimum atomic E-state index is -0.682. The van der Waals surface area contributed by atoms with Gasteiger partial charge in [-0.25, -0.2) is 19.6 Å². The molecule has 3 fully saturated rings. The predicted octanol–water partition coefficient (Wildman–Crippen LogP) is 6.25. The quantitative estimate of drug-likeness (QED) is 0.147. The van der Waals surface area contributed by atoms with E-state index in [9.17, 15) is 19.2 Å². The summed E-state index contributed by atoms with van der Waals surface area (Å²) in [5.74, 6) is 2.30. The maximum Gasteiger partial charge on any atom is 0.407 e. The average Bonchev–Trinajstić information content (AvgIpc) is 4.05. The molecule has 2 aliphatic carbocycles. The number of imidazole rings is 2. The number of ether oxygens (including phenoxy) is 2. The summed E-state index contributed by atoms with van der Waals surface area (Å²) in [5, 5.41) is 5.21. The summed E-state index contributed by atoms with van der Waals surface area (Å²) in [7, 11) is 2.58. The topological polar surface area (TPSA) is 175 Å². The molecule has 2 saturated heterocycles. The summed E-state index contributed by atoms with van der Waals surface area (Å²) in [4.78, 5) is 70.3. The van der Waals surface area contributed by atoms with Gasteiger partial charge in [-0.1, -0.05) is 50.2 Å². The second-order valence-corrected chi connectivity index (χ2v) is 15.8. The summed E-state index contributed by atoms with van der Waals surface area (Å²) >= 11 is 0. The zero-order valence-corrected chi connectivity index (χ0v) is 32.4. The van der Waals surface area contributed by atoms with E-state index in [1.807, 2.05) is 31.1 Å². The van der Waals surface area contributed by atoms with E-state index in [1.165, 1.54) is 54.9 Å². The molecule has 0 spiro atoms. The molecule has 4 N–H and O–H groups in total. The lowest BCUT2D eigenvalue weighted by molar-refractivity contribution is -0.135. The number of amides is 4. The fraction of sp³-hybridized carbons (Fsp3) is 0.476. The van der Waals surface area contributed by atoms with Gasteiger partial charge in [-0.3, -0.25) is 9.59 Å².